The molecule has 0 radical (unpaired) electrons. The summed E-state index contributed by atoms with van der Waals surface area (Å²) in [5.74, 6) is 0.973. The third kappa shape index (κ3) is 5.96. The van der Waals surface area contributed by atoms with E-state index in [0.29, 0.717) is 13.1 Å². The van der Waals surface area contributed by atoms with Gasteiger partial charge in [-0.3, -0.25) is 9.69 Å². The SMILES string of the molecule is CNCC(C)C(=O)NCc1cccc(CN2CCC(C)CC2)c1. The monoisotopic (exact) mass is 317 g/mol. The lowest BCUT2D eigenvalue weighted by Crippen LogP contribution is -2.34. The summed E-state index contributed by atoms with van der Waals surface area (Å²) in [6.07, 6.45) is 2.61. The topological polar surface area (TPSA) is 44.4 Å². The largest absolute Gasteiger partial charge is 0.352 e. The van der Waals surface area contributed by atoms with Crippen LogP contribution in [0.5, 0.6) is 0 Å². The Bertz CT molecular complexity index is 495. The van der Waals surface area contributed by atoms with Crippen molar-refractivity contribution >= 4 is 5.91 Å². The van der Waals surface area contributed by atoms with Crippen molar-refractivity contribution in [2.45, 2.75) is 39.8 Å². The van der Waals surface area contributed by atoms with Crippen LogP contribution >= 0.6 is 0 Å². The lowest BCUT2D eigenvalue weighted by Gasteiger charge is -2.30. The molecule has 1 aromatic rings. The minimum atomic E-state index is -0.00137. The summed E-state index contributed by atoms with van der Waals surface area (Å²) in [6.45, 7) is 9.02. The van der Waals surface area contributed by atoms with Crippen LogP contribution in [0.4, 0.5) is 0 Å². The molecule has 1 heterocycles. The van der Waals surface area contributed by atoms with E-state index in [9.17, 15) is 4.79 Å². The molecule has 1 atom stereocenters. The number of likely N-dealkylation sites (tertiary alicyclic amines) is 1. The molecule has 23 heavy (non-hydrogen) atoms. The van der Waals surface area contributed by atoms with Gasteiger partial charge in [-0.25, -0.2) is 0 Å². The quantitative estimate of drug-likeness (QED) is 0.811. The van der Waals surface area contributed by atoms with Gasteiger partial charge in [0, 0.05) is 25.6 Å². The molecule has 0 spiro atoms. The molecule has 128 valence electrons. The van der Waals surface area contributed by atoms with Gasteiger partial charge in [-0.05, 0) is 50.0 Å². The number of benzene rings is 1. The Kier molecular flexibility index (Phi) is 7.06. The molecule has 1 fully saturated rings. The first kappa shape index (κ1) is 18.0. The van der Waals surface area contributed by atoms with E-state index in [1.54, 1.807) is 0 Å². The van der Waals surface area contributed by atoms with Crippen LogP contribution in [0.1, 0.15) is 37.8 Å². The summed E-state index contributed by atoms with van der Waals surface area (Å²) in [7, 11) is 1.87. The summed E-state index contributed by atoms with van der Waals surface area (Å²) < 4.78 is 0. The van der Waals surface area contributed by atoms with Gasteiger partial charge in [-0.2, -0.15) is 0 Å². The predicted molar refractivity (Wildman–Crippen MR) is 95.1 cm³/mol. The number of piperidine rings is 1. The Balaban J connectivity index is 1.83. The summed E-state index contributed by atoms with van der Waals surface area (Å²) in [4.78, 5) is 14.5. The molecule has 1 aliphatic rings. The van der Waals surface area contributed by atoms with Crippen LogP contribution in [0.15, 0.2) is 24.3 Å². The van der Waals surface area contributed by atoms with Gasteiger partial charge in [0.2, 0.25) is 5.91 Å². The van der Waals surface area contributed by atoms with Gasteiger partial charge in [0.15, 0.2) is 0 Å². The Morgan fingerprint density at radius 2 is 2.00 bits per heavy atom. The molecular weight excluding hydrogens is 286 g/mol. The van der Waals surface area contributed by atoms with E-state index in [0.717, 1.165) is 12.5 Å². The van der Waals surface area contributed by atoms with Gasteiger partial charge in [-0.15, -0.1) is 0 Å². The molecule has 0 bridgehead atoms. The maximum atomic E-state index is 12.0. The van der Waals surface area contributed by atoms with Gasteiger partial charge in [0.05, 0.1) is 0 Å². The maximum absolute atomic E-state index is 12.0. The molecule has 0 saturated carbocycles. The summed E-state index contributed by atoms with van der Waals surface area (Å²) in [6, 6.07) is 8.60. The third-order valence-corrected chi connectivity index (χ3v) is 4.70. The number of hydrogen-bond donors (Lipinski definition) is 2. The lowest BCUT2D eigenvalue weighted by molar-refractivity contribution is -0.124. The van der Waals surface area contributed by atoms with Crippen LogP contribution in [0, 0.1) is 11.8 Å². The third-order valence-electron chi connectivity index (χ3n) is 4.70. The number of nitrogens with one attached hydrogen (secondary N) is 2. The zero-order valence-corrected chi connectivity index (χ0v) is 14.8. The fraction of sp³-hybridized carbons (Fsp3) is 0.632. The minimum Gasteiger partial charge on any atom is -0.352 e. The van der Waals surface area contributed by atoms with Crippen molar-refractivity contribution in [1.82, 2.24) is 15.5 Å². The molecule has 2 N–H and O–H groups in total. The van der Waals surface area contributed by atoms with Crippen LogP contribution < -0.4 is 10.6 Å². The maximum Gasteiger partial charge on any atom is 0.224 e. The molecule has 1 unspecified atom stereocenters. The van der Waals surface area contributed by atoms with Gasteiger partial charge in [0.25, 0.3) is 0 Å². The molecule has 0 aromatic heterocycles. The van der Waals surface area contributed by atoms with Gasteiger partial charge >= 0.3 is 0 Å². The fourth-order valence-corrected chi connectivity index (χ4v) is 3.08. The van der Waals surface area contributed by atoms with Crippen LogP contribution in [0.2, 0.25) is 0 Å². The highest BCUT2D eigenvalue weighted by atomic mass is 16.1. The Morgan fingerprint density at radius 3 is 2.70 bits per heavy atom. The molecule has 1 aliphatic heterocycles. The summed E-state index contributed by atoms with van der Waals surface area (Å²) >= 11 is 0. The van der Waals surface area contributed by atoms with E-state index >= 15 is 0 Å². The average molecular weight is 317 g/mol. The van der Waals surface area contributed by atoms with Crippen LogP contribution in [0.3, 0.4) is 0 Å². The van der Waals surface area contributed by atoms with E-state index in [-0.39, 0.29) is 11.8 Å². The predicted octanol–water partition coefficient (Wildman–Crippen LogP) is 2.39. The highest BCUT2D eigenvalue weighted by Crippen LogP contribution is 2.18. The number of carbonyl (C=O) groups is 1. The zero-order chi connectivity index (χ0) is 16.7. The number of hydrogen-bond acceptors (Lipinski definition) is 3. The molecule has 1 aromatic carbocycles. The first-order chi connectivity index (χ1) is 11.1. The average Bonchev–Trinajstić information content (AvgIpc) is 2.55. The van der Waals surface area contributed by atoms with Crippen molar-refractivity contribution in [3.05, 3.63) is 35.4 Å². The molecule has 4 nitrogen and oxygen atoms in total. The van der Waals surface area contributed by atoms with Gasteiger partial charge < -0.3 is 10.6 Å². The van der Waals surface area contributed by atoms with Crippen LogP contribution in [0.25, 0.3) is 0 Å². The first-order valence-corrected chi connectivity index (χ1v) is 8.81. The lowest BCUT2D eigenvalue weighted by atomic mass is 9.98. The van der Waals surface area contributed by atoms with E-state index in [4.69, 9.17) is 0 Å². The molecule has 1 saturated heterocycles. The van der Waals surface area contributed by atoms with Gasteiger partial charge in [-0.1, -0.05) is 38.1 Å². The van der Waals surface area contributed by atoms with Crippen molar-refractivity contribution in [2.75, 3.05) is 26.7 Å². The smallest absolute Gasteiger partial charge is 0.224 e. The van der Waals surface area contributed by atoms with Crippen molar-refractivity contribution in [2.24, 2.45) is 11.8 Å². The molecular formula is C19H31N3O. The highest BCUT2D eigenvalue weighted by Gasteiger charge is 2.16. The van der Waals surface area contributed by atoms with E-state index in [1.807, 2.05) is 14.0 Å². The molecule has 2 rings (SSSR count). The summed E-state index contributed by atoms with van der Waals surface area (Å²) in [5.41, 5.74) is 2.52. The van der Waals surface area contributed by atoms with Crippen molar-refractivity contribution < 1.29 is 4.79 Å². The molecule has 0 aliphatic carbocycles. The number of rotatable bonds is 7. The first-order valence-electron chi connectivity index (χ1n) is 8.81. The van der Waals surface area contributed by atoms with Crippen molar-refractivity contribution in [3.63, 3.8) is 0 Å². The normalized spacial score (nSPS) is 17.9. The number of carbonyl (C=O) groups excluding carboxylic acids is 1. The number of nitrogens with zero attached hydrogens (tertiary/aromatic N) is 1. The molecule has 4 heteroatoms. The standard InChI is InChI=1S/C19H31N3O/c1-15-7-9-22(10-8-15)14-18-6-4-5-17(11-18)13-21-19(23)16(2)12-20-3/h4-6,11,15-16,20H,7-10,12-14H2,1-3H3,(H,21,23). The highest BCUT2D eigenvalue weighted by molar-refractivity contribution is 5.78. The Hall–Kier alpha value is -1.39. The Morgan fingerprint density at radius 1 is 1.30 bits per heavy atom. The second-order valence-corrected chi connectivity index (χ2v) is 6.96. The fourth-order valence-electron chi connectivity index (χ4n) is 3.08. The minimum absolute atomic E-state index is 0.00137. The van der Waals surface area contributed by atoms with Crippen LogP contribution in [-0.4, -0.2) is 37.5 Å². The summed E-state index contributed by atoms with van der Waals surface area (Å²) in [5, 5.41) is 6.07. The number of amides is 1. The zero-order valence-electron chi connectivity index (χ0n) is 14.8. The van der Waals surface area contributed by atoms with Crippen molar-refractivity contribution in [3.8, 4) is 0 Å². The second kappa shape index (κ2) is 9.04. The Labute approximate surface area is 140 Å². The van der Waals surface area contributed by atoms with Crippen LogP contribution in [-0.2, 0) is 17.9 Å². The van der Waals surface area contributed by atoms with Crippen molar-refractivity contribution in [1.29, 1.82) is 0 Å². The van der Waals surface area contributed by atoms with E-state index < -0.39 is 0 Å². The van der Waals surface area contributed by atoms with E-state index in [1.165, 1.54) is 37.1 Å². The second-order valence-electron chi connectivity index (χ2n) is 6.96. The van der Waals surface area contributed by atoms with Gasteiger partial charge in [0.1, 0.15) is 0 Å². The van der Waals surface area contributed by atoms with E-state index in [2.05, 4.69) is 46.7 Å². The molecule has 1 amide bonds.